The smallest absolute Gasteiger partial charge is 0.228 e. The number of hydrogen-bond acceptors (Lipinski definition) is 4. The molecule has 1 aliphatic heterocycles. The van der Waals surface area contributed by atoms with Gasteiger partial charge in [0.1, 0.15) is 5.82 Å². The molecule has 1 aromatic carbocycles. The topological polar surface area (TPSA) is 62.3 Å². The Morgan fingerprint density at radius 1 is 1.10 bits per heavy atom. The average Bonchev–Trinajstić information content (AvgIpc) is 2.76. The van der Waals surface area contributed by atoms with Crippen molar-refractivity contribution < 1.29 is 9.59 Å². The maximum absolute atomic E-state index is 12.5. The van der Waals surface area contributed by atoms with Crippen molar-refractivity contribution in [1.82, 2.24) is 9.88 Å². The number of benzene rings is 1. The lowest BCUT2D eigenvalue weighted by molar-refractivity contribution is -0.118. The third-order valence-electron chi connectivity index (χ3n) is 6.26. The molecule has 1 N–H and O–H groups in total. The van der Waals surface area contributed by atoms with Crippen LogP contribution in [-0.2, 0) is 4.79 Å². The highest BCUT2D eigenvalue weighted by molar-refractivity contribution is 5.96. The van der Waals surface area contributed by atoms with Gasteiger partial charge in [0.2, 0.25) is 5.91 Å². The van der Waals surface area contributed by atoms with Gasteiger partial charge in [0.05, 0.1) is 0 Å². The molecule has 0 saturated carbocycles. The average molecular weight is 422 g/mol. The number of anilines is 1. The number of ketones is 1. The molecule has 0 atom stereocenters. The summed E-state index contributed by atoms with van der Waals surface area (Å²) in [5.41, 5.74) is 4.29. The van der Waals surface area contributed by atoms with Gasteiger partial charge in [-0.3, -0.25) is 9.59 Å². The van der Waals surface area contributed by atoms with Gasteiger partial charge in [-0.15, -0.1) is 0 Å². The number of carbonyl (C=O) groups excluding carboxylic acids is 2. The fourth-order valence-electron chi connectivity index (χ4n) is 3.99. The Morgan fingerprint density at radius 2 is 1.84 bits per heavy atom. The Hall–Kier alpha value is -2.53. The highest BCUT2D eigenvalue weighted by Crippen LogP contribution is 2.27. The lowest BCUT2D eigenvalue weighted by Crippen LogP contribution is -2.34. The molecule has 0 spiro atoms. The molecule has 1 amide bonds. The number of nitrogens with zero attached hydrogens (tertiary/aromatic N) is 2. The fraction of sp³-hybridized carbons (Fsp3) is 0.500. The second-order valence-electron chi connectivity index (χ2n) is 9.03. The van der Waals surface area contributed by atoms with Crippen molar-refractivity contribution in [3.63, 3.8) is 0 Å². The standard InChI is InChI=1S/C26H35N3O2/c1-18(2)26(31)28-25-9-5-7-23(27-25)21-12-15-29(16-13-21)14-6-8-24(30)22-11-10-19(3)20(4)17-22/h5,7,9-11,17-18,21H,6,8,12-16H2,1-4H3,(H,27,28,31). The molecule has 31 heavy (non-hydrogen) atoms. The van der Waals surface area contributed by atoms with Crippen LogP contribution >= 0.6 is 0 Å². The van der Waals surface area contributed by atoms with Crippen molar-refractivity contribution in [2.24, 2.45) is 5.92 Å². The predicted octanol–water partition coefficient (Wildman–Crippen LogP) is 5.14. The van der Waals surface area contributed by atoms with Gasteiger partial charge in [0, 0.05) is 29.5 Å². The molecule has 0 aliphatic carbocycles. The van der Waals surface area contributed by atoms with Crippen LogP contribution in [0.15, 0.2) is 36.4 Å². The van der Waals surface area contributed by atoms with E-state index in [0.717, 1.165) is 50.2 Å². The van der Waals surface area contributed by atoms with E-state index >= 15 is 0 Å². The summed E-state index contributed by atoms with van der Waals surface area (Å²) in [5, 5.41) is 2.90. The van der Waals surface area contributed by atoms with Crippen LogP contribution in [0.25, 0.3) is 0 Å². The third-order valence-corrected chi connectivity index (χ3v) is 6.26. The normalized spacial score (nSPS) is 15.3. The summed E-state index contributed by atoms with van der Waals surface area (Å²) in [5.74, 6) is 1.24. The largest absolute Gasteiger partial charge is 0.310 e. The molecule has 1 aliphatic rings. The summed E-state index contributed by atoms with van der Waals surface area (Å²) in [7, 11) is 0. The molecule has 1 aromatic heterocycles. The minimum Gasteiger partial charge on any atom is -0.310 e. The van der Waals surface area contributed by atoms with Crippen LogP contribution in [0.1, 0.15) is 72.6 Å². The van der Waals surface area contributed by atoms with Crippen molar-refractivity contribution >= 4 is 17.5 Å². The lowest BCUT2D eigenvalue weighted by atomic mass is 9.93. The van der Waals surface area contributed by atoms with E-state index in [1.807, 2.05) is 44.2 Å². The molecule has 2 aromatic rings. The molecule has 0 bridgehead atoms. The van der Waals surface area contributed by atoms with E-state index in [2.05, 4.69) is 35.1 Å². The highest BCUT2D eigenvalue weighted by atomic mass is 16.2. The van der Waals surface area contributed by atoms with E-state index in [1.54, 1.807) is 0 Å². The Morgan fingerprint density at radius 3 is 2.52 bits per heavy atom. The molecule has 5 nitrogen and oxygen atoms in total. The van der Waals surface area contributed by atoms with Crippen molar-refractivity contribution in [1.29, 1.82) is 0 Å². The second-order valence-corrected chi connectivity index (χ2v) is 9.03. The monoisotopic (exact) mass is 421 g/mol. The van der Waals surface area contributed by atoms with E-state index in [9.17, 15) is 9.59 Å². The maximum atomic E-state index is 12.5. The summed E-state index contributed by atoms with van der Waals surface area (Å²) in [6.45, 7) is 10.9. The summed E-state index contributed by atoms with van der Waals surface area (Å²) in [4.78, 5) is 31.5. The first-order valence-electron chi connectivity index (χ1n) is 11.4. The van der Waals surface area contributed by atoms with Crippen molar-refractivity contribution in [3.05, 3.63) is 58.8 Å². The number of pyridine rings is 1. The van der Waals surface area contributed by atoms with E-state index in [-0.39, 0.29) is 17.6 Å². The number of rotatable bonds is 8. The number of carbonyl (C=O) groups is 2. The number of aromatic nitrogens is 1. The minimum atomic E-state index is -0.0596. The Balaban J connectivity index is 1.44. The summed E-state index contributed by atoms with van der Waals surface area (Å²) in [6.07, 6.45) is 3.60. The number of nitrogens with one attached hydrogen (secondary N) is 1. The molecular formula is C26H35N3O2. The first kappa shape index (κ1) is 23.1. The number of hydrogen-bond donors (Lipinski definition) is 1. The molecule has 5 heteroatoms. The van der Waals surface area contributed by atoms with Gasteiger partial charge in [-0.1, -0.05) is 32.0 Å². The van der Waals surface area contributed by atoms with Crippen molar-refractivity contribution in [3.8, 4) is 0 Å². The molecule has 1 fully saturated rings. The van der Waals surface area contributed by atoms with E-state index in [4.69, 9.17) is 0 Å². The van der Waals surface area contributed by atoms with E-state index in [1.165, 1.54) is 11.1 Å². The van der Waals surface area contributed by atoms with Crippen LogP contribution in [0.4, 0.5) is 5.82 Å². The van der Waals surface area contributed by atoms with Gasteiger partial charge in [0.25, 0.3) is 0 Å². The van der Waals surface area contributed by atoms with Gasteiger partial charge in [-0.25, -0.2) is 4.98 Å². The van der Waals surface area contributed by atoms with Crippen molar-refractivity contribution in [2.75, 3.05) is 25.0 Å². The Bertz CT molecular complexity index is 915. The third kappa shape index (κ3) is 6.47. The number of piperidine rings is 1. The number of aryl methyl sites for hydroxylation is 2. The minimum absolute atomic E-state index is 0.00480. The summed E-state index contributed by atoms with van der Waals surface area (Å²) >= 11 is 0. The van der Waals surface area contributed by atoms with Crippen LogP contribution in [0.5, 0.6) is 0 Å². The van der Waals surface area contributed by atoms with Crippen molar-refractivity contribution in [2.45, 2.75) is 59.3 Å². The zero-order valence-corrected chi connectivity index (χ0v) is 19.3. The van der Waals surface area contributed by atoms with Gasteiger partial charge in [-0.2, -0.15) is 0 Å². The first-order valence-corrected chi connectivity index (χ1v) is 11.4. The fourth-order valence-corrected chi connectivity index (χ4v) is 3.99. The van der Waals surface area contributed by atoms with Crippen LogP contribution < -0.4 is 5.32 Å². The van der Waals surface area contributed by atoms with Crippen LogP contribution in [0.2, 0.25) is 0 Å². The summed E-state index contributed by atoms with van der Waals surface area (Å²) < 4.78 is 0. The molecule has 2 heterocycles. The van der Waals surface area contributed by atoms with Crippen LogP contribution in [0.3, 0.4) is 0 Å². The number of likely N-dealkylation sites (tertiary alicyclic amines) is 1. The van der Waals surface area contributed by atoms with Gasteiger partial charge in [-0.05, 0) is 82.1 Å². The molecule has 0 unspecified atom stereocenters. The van der Waals surface area contributed by atoms with Gasteiger partial charge < -0.3 is 10.2 Å². The van der Waals surface area contributed by atoms with Crippen LogP contribution in [-0.4, -0.2) is 41.2 Å². The Labute approximate surface area is 186 Å². The van der Waals surface area contributed by atoms with E-state index < -0.39 is 0 Å². The van der Waals surface area contributed by atoms with Gasteiger partial charge in [0.15, 0.2) is 5.78 Å². The first-order chi connectivity index (χ1) is 14.8. The molecular weight excluding hydrogens is 386 g/mol. The Kier molecular flexibility index (Phi) is 7.97. The molecule has 0 radical (unpaired) electrons. The summed E-state index contributed by atoms with van der Waals surface area (Å²) in [6, 6.07) is 11.9. The number of Topliss-reactive ketones (excluding diaryl/α,β-unsaturated/α-hetero) is 1. The highest BCUT2D eigenvalue weighted by Gasteiger charge is 2.22. The van der Waals surface area contributed by atoms with Crippen LogP contribution in [0, 0.1) is 19.8 Å². The maximum Gasteiger partial charge on any atom is 0.228 e. The quantitative estimate of drug-likeness (QED) is 0.600. The predicted molar refractivity (Wildman–Crippen MR) is 126 cm³/mol. The molecule has 1 saturated heterocycles. The zero-order chi connectivity index (χ0) is 22.4. The second kappa shape index (κ2) is 10.7. The molecule has 166 valence electrons. The lowest BCUT2D eigenvalue weighted by Gasteiger charge is -2.31. The van der Waals surface area contributed by atoms with Gasteiger partial charge >= 0.3 is 0 Å². The van der Waals surface area contributed by atoms with E-state index in [0.29, 0.717) is 18.2 Å². The SMILES string of the molecule is Cc1ccc(C(=O)CCCN2CCC(c3cccc(NC(=O)C(C)C)n3)CC2)cc1C. The zero-order valence-electron chi connectivity index (χ0n) is 19.3. The number of amides is 1. The molecule has 3 rings (SSSR count).